The van der Waals surface area contributed by atoms with E-state index in [2.05, 4.69) is 10.2 Å². The minimum absolute atomic E-state index is 0.0267. The van der Waals surface area contributed by atoms with Crippen LogP contribution < -0.4 is 0 Å². The normalized spacial score (nSPS) is 25.0. The summed E-state index contributed by atoms with van der Waals surface area (Å²) in [5.74, 6) is 0.363. The second-order valence-electron chi connectivity index (χ2n) is 3.47. The van der Waals surface area contributed by atoms with Crippen LogP contribution in [0.1, 0.15) is 28.5 Å². The summed E-state index contributed by atoms with van der Waals surface area (Å²) in [5, 5.41) is 6.43. The van der Waals surface area contributed by atoms with Crippen molar-refractivity contribution in [2.75, 3.05) is 11.5 Å². The zero-order valence-corrected chi connectivity index (χ0v) is 8.25. The Hall–Kier alpha value is -1.17. The average Bonchev–Trinajstić information content (AvgIpc) is 2.70. The van der Waals surface area contributed by atoms with E-state index < -0.39 is 9.84 Å². The molecule has 1 N–H and O–H groups in total. The van der Waals surface area contributed by atoms with Crippen LogP contribution in [0.15, 0.2) is 6.07 Å². The molecule has 2 rings (SSSR count). The number of hydrogen-bond donors (Lipinski definition) is 1. The van der Waals surface area contributed by atoms with Gasteiger partial charge in [0.25, 0.3) is 0 Å². The lowest BCUT2D eigenvalue weighted by Gasteiger charge is -2.01. The lowest BCUT2D eigenvalue weighted by Crippen LogP contribution is -2.03. The van der Waals surface area contributed by atoms with Gasteiger partial charge in [-0.15, -0.1) is 0 Å². The minimum Gasteiger partial charge on any atom is -0.296 e. The number of sulfone groups is 1. The van der Waals surface area contributed by atoms with Gasteiger partial charge in [-0.2, -0.15) is 5.10 Å². The summed E-state index contributed by atoms with van der Waals surface area (Å²) >= 11 is 0. The Morgan fingerprint density at radius 1 is 1.57 bits per heavy atom. The number of carbonyl (C=O) groups is 1. The zero-order valence-electron chi connectivity index (χ0n) is 7.43. The van der Waals surface area contributed by atoms with Crippen LogP contribution >= 0.6 is 0 Å². The number of aromatic amines is 1. The number of nitrogens with one attached hydrogen (secondary N) is 1. The minimum atomic E-state index is -2.88. The summed E-state index contributed by atoms with van der Waals surface area (Å²) in [6.45, 7) is 0. The molecule has 1 aliphatic rings. The Labute approximate surface area is 81.4 Å². The van der Waals surface area contributed by atoms with Gasteiger partial charge >= 0.3 is 0 Å². The first-order chi connectivity index (χ1) is 6.61. The third kappa shape index (κ3) is 1.70. The molecule has 14 heavy (non-hydrogen) atoms. The maximum atomic E-state index is 11.2. The van der Waals surface area contributed by atoms with Crippen molar-refractivity contribution < 1.29 is 13.2 Å². The highest BCUT2D eigenvalue weighted by Gasteiger charge is 2.30. The molecule has 0 bridgehead atoms. The van der Waals surface area contributed by atoms with E-state index in [1.165, 1.54) is 0 Å². The molecule has 1 aromatic heterocycles. The number of aldehydes is 1. The highest BCUT2D eigenvalue weighted by Crippen LogP contribution is 2.27. The van der Waals surface area contributed by atoms with Crippen LogP contribution in [0.3, 0.4) is 0 Å². The third-order valence-electron chi connectivity index (χ3n) is 2.41. The molecule has 1 saturated heterocycles. The summed E-state index contributed by atoms with van der Waals surface area (Å²) in [4.78, 5) is 10.4. The average molecular weight is 214 g/mol. The van der Waals surface area contributed by atoms with Gasteiger partial charge in [0.05, 0.1) is 11.5 Å². The Morgan fingerprint density at radius 3 is 2.86 bits per heavy atom. The molecule has 0 aliphatic carbocycles. The van der Waals surface area contributed by atoms with Crippen molar-refractivity contribution >= 4 is 16.1 Å². The smallest absolute Gasteiger partial charge is 0.170 e. The van der Waals surface area contributed by atoms with Gasteiger partial charge in [0.1, 0.15) is 5.69 Å². The van der Waals surface area contributed by atoms with Gasteiger partial charge < -0.3 is 0 Å². The Balaban J connectivity index is 2.21. The Morgan fingerprint density at radius 2 is 2.36 bits per heavy atom. The first kappa shape index (κ1) is 9.39. The molecule has 1 aromatic rings. The molecule has 1 atom stereocenters. The van der Waals surface area contributed by atoms with Crippen LogP contribution in [-0.2, 0) is 9.84 Å². The first-order valence-electron chi connectivity index (χ1n) is 4.31. The van der Waals surface area contributed by atoms with Gasteiger partial charge in [0.15, 0.2) is 16.1 Å². The molecule has 5 nitrogen and oxygen atoms in total. The van der Waals surface area contributed by atoms with Crippen molar-refractivity contribution in [2.45, 2.75) is 12.3 Å². The maximum absolute atomic E-state index is 11.2. The molecule has 1 unspecified atom stereocenters. The van der Waals surface area contributed by atoms with Crippen molar-refractivity contribution in [2.24, 2.45) is 0 Å². The van der Waals surface area contributed by atoms with Crippen LogP contribution in [0.4, 0.5) is 0 Å². The lowest BCUT2D eigenvalue weighted by molar-refractivity contribution is 0.111. The van der Waals surface area contributed by atoms with Crippen molar-refractivity contribution in [3.63, 3.8) is 0 Å². The fraction of sp³-hybridized carbons (Fsp3) is 0.500. The van der Waals surface area contributed by atoms with Gasteiger partial charge in [-0.05, 0) is 12.5 Å². The van der Waals surface area contributed by atoms with E-state index in [0.29, 0.717) is 18.4 Å². The highest BCUT2D eigenvalue weighted by molar-refractivity contribution is 7.91. The standard InChI is InChI=1S/C8H10N2O3S/c11-4-7-3-8(10-9-7)6-1-2-14(12,13)5-6/h3-4,6H,1-2,5H2,(H,9,10). The summed E-state index contributed by atoms with van der Waals surface area (Å²) in [6.07, 6.45) is 1.26. The van der Waals surface area contributed by atoms with Gasteiger partial charge in [-0.3, -0.25) is 9.89 Å². The van der Waals surface area contributed by atoms with Crippen LogP contribution in [0.2, 0.25) is 0 Å². The summed E-state index contributed by atoms with van der Waals surface area (Å²) in [6, 6.07) is 1.61. The van der Waals surface area contributed by atoms with Crippen LogP contribution in [-0.4, -0.2) is 36.4 Å². The van der Waals surface area contributed by atoms with Crippen LogP contribution in [0.25, 0.3) is 0 Å². The molecule has 0 spiro atoms. The lowest BCUT2D eigenvalue weighted by atomic mass is 10.1. The molecule has 76 valence electrons. The van der Waals surface area contributed by atoms with Crippen molar-refractivity contribution in [1.29, 1.82) is 0 Å². The van der Waals surface area contributed by atoms with Crippen molar-refractivity contribution in [3.05, 3.63) is 17.5 Å². The quantitative estimate of drug-likeness (QED) is 0.709. The summed E-state index contributed by atoms with van der Waals surface area (Å²) < 4.78 is 22.4. The molecule has 0 saturated carbocycles. The highest BCUT2D eigenvalue weighted by atomic mass is 32.2. The van der Waals surface area contributed by atoms with Gasteiger partial charge in [0, 0.05) is 11.6 Å². The Bertz CT molecular complexity index is 449. The van der Waals surface area contributed by atoms with E-state index in [4.69, 9.17) is 0 Å². The Kier molecular flexibility index (Phi) is 2.14. The van der Waals surface area contributed by atoms with Crippen molar-refractivity contribution in [3.8, 4) is 0 Å². The zero-order chi connectivity index (χ0) is 10.2. The van der Waals surface area contributed by atoms with E-state index in [1.807, 2.05) is 0 Å². The number of aromatic nitrogens is 2. The predicted molar refractivity (Wildman–Crippen MR) is 50.0 cm³/mol. The molecule has 6 heteroatoms. The largest absolute Gasteiger partial charge is 0.296 e. The summed E-state index contributed by atoms with van der Waals surface area (Å²) in [5.41, 5.74) is 1.07. The topological polar surface area (TPSA) is 79.9 Å². The van der Waals surface area contributed by atoms with Crippen LogP contribution in [0.5, 0.6) is 0 Å². The fourth-order valence-corrected chi connectivity index (χ4v) is 3.43. The van der Waals surface area contributed by atoms with E-state index in [0.717, 1.165) is 5.69 Å². The maximum Gasteiger partial charge on any atom is 0.170 e. The number of nitrogens with zero attached hydrogens (tertiary/aromatic N) is 1. The first-order valence-corrected chi connectivity index (χ1v) is 6.14. The third-order valence-corrected chi connectivity index (χ3v) is 4.18. The van der Waals surface area contributed by atoms with E-state index in [9.17, 15) is 13.2 Å². The number of rotatable bonds is 2. The number of H-pyrrole nitrogens is 1. The van der Waals surface area contributed by atoms with Crippen molar-refractivity contribution in [1.82, 2.24) is 10.2 Å². The molecular formula is C8H10N2O3S. The second kappa shape index (κ2) is 3.20. The van der Waals surface area contributed by atoms with Gasteiger partial charge in [-0.1, -0.05) is 0 Å². The van der Waals surface area contributed by atoms with Gasteiger partial charge in [0.2, 0.25) is 0 Å². The molecule has 2 heterocycles. The number of carbonyl (C=O) groups excluding carboxylic acids is 1. The monoisotopic (exact) mass is 214 g/mol. The van der Waals surface area contributed by atoms with E-state index in [1.54, 1.807) is 6.07 Å². The molecule has 1 fully saturated rings. The van der Waals surface area contributed by atoms with Gasteiger partial charge in [-0.25, -0.2) is 8.42 Å². The molecule has 0 amide bonds. The van der Waals surface area contributed by atoms with Crippen LogP contribution in [0, 0.1) is 0 Å². The molecule has 0 aromatic carbocycles. The van der Waals surface area contributed by atoms with E-state index in [-0.39, 0.29) is 17.4 Å². The fourth-order valence-electron chi connectivity index (χ4n) is 1.66. The molecular weight excluding hydrogens is 204 g/mol. The summed E-state index contributed by atoms with van der Waals surface area (Å²) in [7, 11) is -2.88. The van der Waals surface area contributed by atoms with E-state index >= 15 is 0 Å². The molecule has 0 radical (unpaired) electrons. The SMILES string of the molecule is O=Cc1cc(C2CCS(=O)(=O)C2)[nH]n1. The molecule has 1 aliphatic heterocycles. The number of hydrogen-bond acceptors (Lipinski definition) is 4. The predicted octanol–water partition coefficient (Wildman–Crippen LogP) is 0.124. The second-order valence-corrected chi connectivity index (χ2v) is 5.69.